The van der Waals surface area contributed by atoms with Crippen LogP contribution in [0, 0.1) is 0 Å². The van der Waals surface area contributed by atoms with E-state index >= 15 is 0 Å². The van der Waals surface area contributed by atoms with E-state index in [1.807, 2.05) is 23.1 Å². The van der Waals surface area contributed by atoms with Crippen LogP contribution in [0.3, 0.4) is 0 Å². The molecule has 4 heteroatoms. The minimum atomic E-state index is -0.0419. The molecule has 1 atom stereocenters. The second kappa shape index (κ2) is 5.53. The van der Waals surface area contributed by atoms with Gasteiger partial charge in [-0.25, -0.2) is 4.52 Å². The Bertz CT molecular complexity index is 585. The Morgan fingerprint density at radius 3 is 3.00 bits per heavy atom. The van der Waals surface area contributed by atoms with E-state index in [0.29, 0.717) is 0 Å². The summed E-state index contributed by atoms with van der Waals surface area (Å²) in [7, 11) is 0. The van der Waals surface area contributed by atoms with Crippen molar-refractivity contribution in [3.63, 3.8) is 0 Å². The number of nitrogens with zero attached hydrogens (tertiary/aromatic N) is 3. The molecule has 3 rings (SSSR count). The number of nitrogens with two attached hydrogens (primary N) is 1. The van der Waals surface area contributed by atoms with Crippen LogP contribution in [-0.4, -0.2) is 14.6 Å². The molecule has 0 saturated heterocycles. The van der Waals surface area contributed by atoms with Crippen molar-refractivity contribution in [2.24, 2.45) is 5.73 Å². The standard InChI is InChI=1S/C15H20N4/c16-15(12-6-4-2-1-3-5-7-12)13-10-18-19-9-8-17-11-14(13)19/h6,8-11,15H,1-5,7,16H2/b12-6+. The minimum absolute atomic E-state index is 0.0419. The summed E-state index contributed by atoms with van der Waals surface area (Å²) in [6, 6.07) is -0.0419. The van der Waals surface area contributed by atoms with E-state index < -0.39 is 0 Å². The quantitative estimate of drug-likeness (QED) is 0.840. The molecule has 1 unspecified atom stereocenters. The highest BCUT2D eigenvalue weighted by atomic mass is 15.2. The molecule has 2 aromatic rings. The predicted molar refractivity (Wildman–Crippen MR) is 75.7 cm³/mol. The molecule has 19 heavy (non-hydrogen) atoms. The summed E-state index contributed by atoms with van der Waals surface area (Å²) in [5.74, 6) is 0. The van der Waals surface area contributed by atoms with E-state index in [1.165, 1.54) is 31.3 Å². The summed E-state index contributed by atoms with van der Waals surface area (Å²) in [6.45, 7) is 0. The Labute approximate surface area is 113 Å². The van der Waals surface area contributed by atoms with E-state index in [-0.39, 0.29) is 6.04 Å². The molecule has 0 bridgehead atoms. The molecule has 100 valence electrons. The molecule has 0 radical (unpaired) electrons. The maximum absolute atomic E-state index is 6.45. The Kier molecular flexibility index (Phi) is 3.60. The predicted octanol–water partition coefficient (Wildman–Crippen LogP) is 3.01. The van der Waals surface area contributed by atoms with Crippen molar-refractivity contribution < 1.29 is 0 Å². The highest BCUT2D eigenvalue weighted by molar-refractivity contribution is 5.55. The van der Waals surface area contributed by atoms with E-state index in [9.17, 15) is 0 Å². The zero-order chi connectivity index (χ0) is 13.1. The Morgan fingerprint density at radius 2 is 2.05 bits per heavy atom. The molecule has 0 aromatic carbocycles. The van der Waals surface area contributed by atoms with Gasteiger partial charge in [-0.15, -0.1) is 0 Å². The first-order valence-corrected chi connectivity index (χ1v) is 7.08. The van der Waals surface area contributed by atoms with Gasteiger partial charge < -0.3 is 5.73 Å². The second-order valence-electron chi connectivity index (χ2n) is 5.22. The van der Waals surface area contributed by atoms with E-state index in [2.05, 4.69) is 16.2 Å². The molecule has 1 aliphatic rings. The van der Waals surface area contributed by atoms with Gasteiger partial charge in [-0.05, 0) is 25.7 Å². The highest BCUT2D eigenvalue weighted by Crippen LogP contribution is 2.28. The lowest BCUT2D eigenvalue weighted by atomic mass is 9.92. The number of allylic oxidation sites excluding steroid dienone is 1. The lowest BCUT2D eigenvalue weighted by molar-refractivity contribution is 0.603. The zero-order valence-electron chi connectivity index (χ0n) is 11.1. The van der Waals surface area contributed by atoms with Crippen molar-refractivity contribution in [3.8, 4) is 0 Å². The Balaban J connectivity index is 1.92. The van der Waals surface area contributed by atoms with Gasteiger partial charge in [0.05, 0.1) is 24.0 Å². The SMILES string of the molecule is NC(/C1=C/CCCCCC1)c1cnn2ccncc12. The molecule has 1 aliphatic carbocycles. The number of fused-ring (bicyclic) bond motifs is 1. The summed E-state index contributed by atoms with van der Waals surface area (Å²) >= 11 is 0. The molecule has 0 aliphatic heterocycles. The lowest BCUT2D eigenvalue weighted by Gasteiger charge is -2.17. The summed E-state index contributed by atoms with van der Waals surface area (Å²) in [4.78, 5) is 4.17. The van der Waals surface area contributed by atoms with E-state index in [1.54, 1.807) is 6.20 Å². The van der Waals surface area contributed by atoms with Gasteiger partial charge in [0.25, 0.3) is 0 Å². The van der Waals surface area contributed by atoms with Crippen LogP contribution in [0.25, 0.3) is 5.52 Å². The first kappa shape index (κ1) is 12.4. The third-order valence-electron chi connectivity index (χ3n) is 3.92. The average Bonchev–Trinajstić information content (AvgIpc) is 2.81. The van der Waals surface area contributed by atoms with Gasteiger partial charge in [0.15, 0.2) is 0 Å². The van der Waals surface area contributed by atoms with Crippen LogP contribution in [0.2, 0.25) is 0 Å². The minimum Gasteiger partial charge on any atom is -0.320 e. The van der Waals surface area contributed by atoms with Gasteiger partial charge in [0.1, 0.15) is 0 Å². The van der Waals surface area contributed by atoms with Gasteiger partial charge >= 0.3 is 0 Å². The normalized spacial score (nSPS) is 21.4. The van der Waals surface area contributed by atoms with Crippen molar-refractivity contribution >= 4 is 5.52 Å². The van der Waals surface area contributed by atoms with Crippen molar-refractivity contribution in [3.05, 3.63) is 42.0 Å². The summed E-state index contributed by atoms with van der Waals surface area (Å²) in [6.07, 6.45) is 17.1. The van der Waals surface area contributed by atoms with Crippen molar-refractivity contribution in [2.75, 3.05) is 0 Å². The Morgan fingerprint density at radius 1 is 1.16 bits per heavy atom. The van der Waals surface area contributed by atoms with Gasteiger partial charge in [0, 0.05) is 18.0 Å². The van der Waals surface area contributed by atoms with Crippen molar-refractivity contribution in [1.82, 2.24) is 14.6 Å². The van der Waals surface area contributed by atoms with E-state index in [0.717, 1.165) is 23.9 Å². The first-order chi connectivity index (χ1) is 9.36. The first-order valence-electron chi connectivity index (χ1n) is 7.08. The van der Waals surface area contributed by atoms with Crippen LogP contribution in [0.15, 0.2) is 36.4 Å². The smallest absolute Gasteiger partial charge is 0.0895 e. The van der Waals surface area contributed by atoms with Gasteiger partial charge in [-0.1, -0.05) is 24.5 Å². The molecule has 0 spiro atoms. The van der Waals surface area contributed by atoms with Crippen LogP contribution in [0.5, 0.6) is 0 Å². The molecular formula is C15H20N4. The summed E-state index contributed by atoms with van der Waals surface area (Å²) < 4.78 is 1.84. The molecular weight excluding hydrogens is 236 g/mol. The monoisotopic (exact) mass is 256 g/mol. The number of rotatable bonds is 2. The molecule has 2 heterocycles. The fraction of sp³-hybridized carbons (Fsp3) is 0.467. The fourth-order valence-electron chi connectivity index (χ4n) is 2.79. The van der Waals surface area contributed by atoms with Crippen LogP contribution < -0.4 is 5.73 Å². The maximum Gasteiger partial charge on any atom is 0.0895 e. The average molecular weight is 256 g/mol. The molecule has 0 fully saturated rings. The van der Waals surface area contributed by atoms with Crippen LogP contribution in [0.4, 0.5) is 0 Å². The topological polar surface area (TPSA) is 56.2 Å². The molecule has 0 amide bonds. The van der Waals surface area contributed by atoms with Crippen molar-refractivity contribution in [2.45, 2.75) is 44.6 Å². The van der Waals surface area contributed by atoms with Gasteiger partial charge in [0.2, 0.25) is 0 Å². The third-order valence-corrected chi connectivity index (χ3v) is 3.92. The maximum atomic E-state index is 6.45. The van der Waals surface area contributed by atoms with Crippen LogP contribution in [0.1, 0.15) is 50.1 Å². The lowest BCUT2D eigenvalue weighted by Crippen LogP contribution is -2.14. The molecule has 2 N–H and O–H groups in total. The van der Waals surface area contributed by atoms with Gasteiger partial charge in [-0.2, -0.15) is 5.10 Å². The number of hydrogen-bond donors (Lipinski definition) is 1. The number of aromatic nitrogens is 3. The summed E-state index contributed by atoms with van der Waals surface area (Å²) in [5.41, 5.74) is 9.91. The molecule has 4 nitrogen and oxygen atoms in total. The Hall–Kier alpha value is -1.68. The largest absolute Gasteiger partial charge is 0.320 e. The van der Waals surface area contributed by atoms with Crippen molar-refractivity contribution in [1.29, 1.82) is 0 Å². The second-order valence-corrected chi connectivity index (χ2v) is 5.22. The molecule has 2 aromatic heterocycles. The van der Waals surface area contributed by atoms with E-state index in [4.69, 9.17) is 5.73 Å². The summed E-state index contributed by atoms with van der Waals surface area (Å²) in [5, 5.41) is 4.35. The van der Waals surface area contributed by atoms with Crippen LogP contribution in [-0.2, 0) is 0 Å². The van der Waals surface area contributed by atoms with Crippen LogP contribution >= 0.6 is 0 Å². The zero-order valence-corrected chi connectivity index (χ0v) is 11.1. The van der Waals surface area contributed by atoms with Gasteiger partial charge in [-0.3, -0.25) is 4.98 Å². The number of hydrogen-bond acceptors (Lipinski definition) is 3. The molecule has 0 saturated carbocycles. The third kappa shape index (κ3) is 2.54. The fourth-order valence-corrected chi connectivity index (χ4v) is 2.79. The highest BCUT2D eigenvalue weighted by Gasteiger charge is 2.17.